The van der Waals surface area contributed by atoms with Gasteiger partial charge in [-0.3, -0.25) is 4.79 Å². The summed E-state index contributed by atoms with van der Waals surface area (Å²) in [5.41, 5.74) is 2.83. The van der Waals surface area contributed by atoms with E-state index >= 15 is 0 Å². The molecule has 0 fully saturated rings. The van der Waals surface area contributed by atoms with E-state index in [1.807, 2.05) is 72.8 Å². The van der Waals surface area contributed by atoms with E-state index < -0.39 is 0 Å². The summed E-state index contributed by atoms with van der Waals surface area (Å²) in [5, 5.41) is 4.40. The zero-order chi connectivity index (χ0) is 15.2. The van der Waals surface area contributed by atoms with Crippen LogP contribution in [0.25, 0.3) is 12.2 Å². The number of rotatable bonds is 4. The van der Waals surface area contributed by atoms with Crippen LogP contribution in [0.3, 0.4) is 0 Å². The van der Waals surface area contributed by atoms with Gasteiger partial charge in [-0.25, -0.2) is 4.68 Å². The van der Waals surface area contributed by atoms with Crippen molar-refractivity contribution in [3.63, 3.8) is 0 Å². The maximum atomic E-state index is 11.9. The lowest BCUT2D eigenvalue weighted by atomic mass is 10.2. The van der Waals surface area contributed by atoms with Gasteiger partial charge in [0.1, 0.15) is 0 Å². The molecule has 0 aliphatic carbocycles. The second-order valence-corrected chi connectivity index (χ2v) is 4.98. The Bertz CT molecular complexity index is 821. The molecule has 3 nitrogen and oxygen atoms in total. The molecule has 0 amide bonds. The first-order chi connectivity index (χ1) is 10.8. The molecule has 3 aromatic rings. The van der Waals surface area contributed by atoms with Crippen molar-refractivity contribution in [2.24, 2.45) is 0 Å². The molecule has 0 radical (unpaired) electrons. The number of hydrogen-bond donors (Lipinski definition) is 0. The van der Waals surface area contributed by atoms with Crippen molar-refractivity contribution >= 4 is 12.2 Å². The summed E-state index contributed by atoms with van der Waals surface area (Å²) in [5.74, 6) is 0. The summed E-state index contributed by atoms with van der Waals surface area (Å²) >= 11 is 0. The Hall–Kier alpha value is -2.94. The van der Waals surface area contributed by atoms with Crippen LogP contribution < -0.4 is 5.56 Å². The van der Waals surface area contributed by atoms with Crippen LogP contribution in [0.4, 0.5) is 0 Å². The molecule has 0 unspecified atom stereocenters. The minimum Gasteiger partial charge on any atom is -0.268 e. The van der Waals surface area contributed by atoms with Crippen LogP contribution in [0.2, 0.25) is 0 Å². The van der Waals surface area contributed by atoms with E-state index in [-0.39, 0.29) is 5.56 Å². The second kappa shape index (κ2) is 6.68. The number of hydrogen-bond acceptors (Lipinski definition) is 2. The van der Waals surface area contributed by atoms with E-state index in [2.05, 4.69) is 5.10 Å². The highest BCUT2D eigenvalue weighted by atomic mass is 16.1. The maximum absolute atomic E-state index is 11.9. The van der Waals surface area contributed by atoms with Gasteiger partial charge < -0.3 is 0 Å². The van der Waals surface area contributed by atoms with Crippen LogP contribution in [0.15, 0.2) is 77.6 Å². The van der Waals surface area contributed by atoms with Crippen LogP contribution in [0, 0.1) is 0 Å². The Morgan fingerprint density at radius 2 is 1.50 bits per heavy atom. The number of benzene rings is 2. The Morgan fingerprint density at radius 1 is 0.818 bits per heavy atom. The SMILES string of the molecule is O=c1ccc(C=Cc2ccccc2)nn1Cc1ccccc1. The average Bonchev–Trinajstić information content (AvgIpc) is 2.57. The number of aromatic nitrogens is 2. The Balaban J connectivity index is 1.84. The molecule has 0 bridgehead atoms. The fourth-order valence-corrected chi connectivity index (χ4v) is 2.17. The average molecular weight is 288 g/mol. The minimum atomic E-state index is -0.0966. The molecule has 0 aliphatic rings. The van der Waals surface area contributed by atoms with Crippen LogP contribution in [-0.4, -0.2) is 9.78 Å². The summed E-state index contributed by atoms with van der Waals surface area (Å²) in [4.78, 5) is 11.9. The fraction of sp³-hybridized carbons (Fsp3) is 0.0526. The van der Waals surface area contributed by atoms with E-state index in [1.165, 1.54) is 4.68 Å². The summed E-state index contributed by atoms with van der Waals surface area (Å²) in [6.45, 7) is 0.479. The van der Waals surface area contributed by atoms with E-state index in [1.54, 1.807) is 12.1 Å². The van der Waals surface area contributed by atoms with Crippen molar-refractivity contribution in [3.8, 4) is 0 Å². The van der Waals surface area contributed by atoms with E-state index in [4.69, 9.17) is 0 Å². The molecule has 22 heavy (non-hydrogen) atoms. The molecule has 0 spiro atoms. The highest BCUT2D eigenvalue weighted by Crippen LogP contribution is 2.05. The lowest BCUT2D eigenvalue weighted by Gasteiger charge is -2.05. The first-order valence-corrected chi connectivity index (χ1v) is 7.16. The quantitative estimate of drug-likeness (QED) is 0.737. The standard InChI is InChI=1S/C19H16N2O/c22-19-14-13-18(12-11-16-7-3-1-4-8-16)20-21(19)15-17-9-5-2-6-10-17/h1-14H,15H2. The fourth-order valence-electron chi connectivity index (χ4n) is 2.17. The zero-order valence-electron chi connectivity index (χ0n) is 12.1. The van der Waals surface area contributed by atoms with Gasteiger partial charge in [-0.05, 0) is 23.3 Å². The van der Waals surface area contributed by atoms with Crippen molar-refractivity contribution in [2.75, 3.05) is 0 Å². The Morgan fingerprint density at radius 3 is 2.23 bits per heavy atom. The molecule has 1 aromatic heterocycles. The molecular weight excluding hydrogens is 272 g/mol. The molecule has 0 saturated carbocycles. The molecule has 0 aliphatic heterocycles. The smallest absolute Gasteiger partial charge is 0.267 e. The normalized spacial score (nSPS) is 10.9. The lowest BCUT2D eigenvalue weighted by molar-refractivity contribution is 0.636. The topological polar surface area (TPSA) is 34.9 Å². The molecule has 0 saturated heterocycles. The van der Waals surface area contributed by atoms with E-state index in [9.17, 15) is 4.79 Å². The van der Waals surface area contributed by atoms with E-state index in [0.29, 0.717) is 6.54 Å². The van der Waals surface area contributed by atoms with Gasteiger partial charge in [0, 0.05) is 6.07 Å². The third kappa shape index (κ3) is 3.58. The molecule has 2 aromatic carbocycles. The molecule has 3 heteroatoms. The molecule has 108 valence electrons. The number of nitrogens with zero attached hydrogens (tertiary/aromatic N) is 2. The minimum absolute atomic E-state index is 0.0966. The van der Waals surface area contributed by atoms with E-state index in [0.717, 1.165) is 16.8 Å². The van der Waals surface area contributed by atoms with Gasteiger partial charge in [0.15, 0.2) is 0 Å². The van der Waals surface area contributed by atoms with Gasteiger partial charge in [0.25, 0.3) is 5.56 Å². The van der Waals surface area contributed by atoms with Gasteiger partial charge in [0.2, 0.25) is 0 Å². The summed E-state index contributed by atoms with van der Waals surface area (Å²) in [7, 11) is 0. The highest BCUT2D eigenvalue weighted by molar-refractivity contribution is 5.67. The summed E-state index contributed by atoms with van der Waals surface area (Å²) in [6, 6.07) is 23.2. The third-order valence-electron chi connectivity index (χ3n) is 3.31. The second-order valence-electron chi connectivity index (χ2n) is 4.98. The third-order valence-corrected chi connectivity index (χ3v) is 3.31. The summed E-state index contributed by atoms with van der Waals surface area (Å²) in [6.07, 6.45) is 3.90. The van der Waals surface area contributed by atoms with Crippen molar-refractivity contribution in [2.45, 2.75) is 6.54 Å². The van der Waals surface area contributed by atoms with Gasteiger partial charge >= 0.3 is 0 Å². The van der Waals surface area contributed by atoms with Crippen LogP contribution in [0.1, 0.15) is 16.8 Å². The first-order valence-electron chi connectivity index (χ1n) is 7.16. The van der Waals surface area contributed by atoms with Gasteiger partial charge in [-0.1, -0.05) is 66.7 Å². The molecule has 3 rings (SSSR count). The highest BCUT2D eigenvalue weighted by Gasteiger charge is 2.00. The monoisotopic (exact) mass is 288 g/mol. The summed E-state index contributed by atoms with van der Waals surface area (Å²) < 4.78 is 1.49. The maximum Gasteiger partial charge on any atom is 0.267 e. The Labute approximate surface area is 129 Å². The zero-order valence-corrected chi connectivity index (χ0v) is 12.1. The van der Waals surface area contributed by atoms with Gasteiger partial charge in [0.05, 0.1) is 12.2 Å². The molecule has 0 atom stereocenters. The lowest BCUT2D eigenvalue weighted by Crippen LogP contribution is -2.22. The first kappa shape index (κ1) is 14.0. The van der Waals surface area contributed by atoms with Crippen LogP contribution >= 0.6 is 0 Å². The van der Waals surface area contributed by atoms with Crippen molar-refractivity contribution < 1.29 is 0 Å². The Kier molecular flexibility index (Phi) is 4.25. The van der Waals surface area contributed by atoms with Gasteiger partial charge in [-0.2, -0.15) is 5.10 Å². The van der Waals surface area contributed by atoms with Crippen LogP contribution in [0.5, 0.6) is 0 Å². The predicted octanol–water partition coefficient (Wildman–Crippen LogP) is 3.46. The van der Waals surface area contributed by atoms with Crippen molar-refractivity contribution in [3.05, 3.63) is 100.0 Å². The molecule has 0 N–H and O–H groups in total. The largest absolute Gasteiger partial charge is 0.268 e. The van der Waals surface area contributed by atoms with Crippen molar-refractivity contribution in [1.82, 2.24) is 9.78 Å². The molecule has 1 heterocycles. The van der Waals surface area contributed by atoms with Crippen molar-refractivity contribution in [1.29, 1.82) is 0 Å². The van der Waals surface area contributed by atoms with Crippen LogP contribution in [-0.2, 0) is 6.54 Å². The predicted molar refractivity (Wildman–Crippen MR) is 89.4 cm³/mol. The van der Waals surface area contributed by atoms with Gasteiger partial charge in [-0.15, -0.1) is 0 Å². The molecular formula is C19H16N2O.